The zero-order valence-electron chi connectivity index (χ0n) is 14.0. The molecule has 2 heterocycles. The number of benzene rings is 2. The van der Waals surface area contributed by atoms with Gasteiger partial charge in [0.05, 0.1) is 16.9 Å². The van der Waals surface area contributed by atoms with Crippen molar-refractivity contribution in [2.24, 2.45) is 7.05 Å². The predicted molar refractivity (Wildman–Crippen MR) is 104 cm³/mol. The molecule has 0 saturated heterocycles. The second-order valence-corrected chi connectivity index (χ2v) is 6.66. The lowest BCUT2D eigenvalue weighted by Gasteiger charge is -2.09. The van der Waals surface area contributed by atoms with Crippen LogP contribution in [0.15, 0.2) is 81.8 Å². The van der Waals surface area contributed by atoms with Crippen LogP contribution in [0.4, 0.5) is 0 Å². The maximum atomic E-state index is 12.6. The summed E-state index contributed by atoms with van der Waals surface area (Å²) < 4.78 is 2.59. The molecule has 0 N–H and O–H groups in total. The Bertz CT molecular complexity index is 1180. The summed E-state index contributed by atoms with van der Waals surface area (Å²) in [5.74, 6) is 0. The first kappa shape index (κ1) is 16.2. The molecule has 6 heteroatoms. The van der Waals surface area contributed by atoms with E-state index in [1.54, 1.807) is 6.20 Å². The van der Waals surface area contributed by atoms with E-state index in [0.29, 0.717) is 16.3 Å². The number of thiazole rings is 1. The molecular weight excluding hydrogens is 346 g/mol. The van der Waals surface area contributed by atoms with Crippen LogP contribution in [0.1, 0.15) is 0 Å². The molecule has 4 rings (SSSR count). The van der Waals surface area contributed by atoms with Crippen LogP contribution in [-0.4, -0.2) is 14.1 Å². The van der Waals surface area contributed by atoms with Crippen molar-refractivity contribution >= 4 is 11.3 Å². The predicted octanol–water partition coefficient (Wildman–Crippen LogP) is 3.33. The summed E-state index contributed by atoms with van der Waals surface area (Å²) in [5, 5.41) is 2.51. The van der Waals surface area contributed by atoms with Crippen molar-refractivity contribution in [1.29, 1.82) is 0 Å². The van der Waals surface area contributed by atoms with Crippen molar-refractivity contribution in [2.75, 3.05) is 0 Å². The Morgan fingerprint density at radius 3 is 2.27 bits per heavy atom. The Balaban J connectivity index is 1.88. The molecule has 2 aromatic carbocycles. The molecule has 26 heavy (non-hydrogen) atoms. The highest BCUT2D eigenvalue weighted by molar-refractivity contribution is 7.13. The third-order valence-electron chi connectivity index (χ3n) is 4.12. The highest BCUT2D eigenvalue weighted by atomic mass is 32.1. The number of nitrogens with zero attached hydrogens (tertiary/aromatic N) is 3. The van der Waals surface area contributed by atoms with Crippen molar-refractivity contribution in [3.63, 3.8) is 0 Å². The van der Waals surface area contributed by atoms with Gasteiger partial charge in [-0.3, -0.25) is 13.9 Å². The number of hydrogen-bond acceptors (Lipinski definition) is 4. The first-order chi connectivity index (χ1) is 12.6. The lowest BCUT2D eigenvalue weighted by molar-refractivity contribution is 0.731. The van der Waals surface area contributed by atoms with Crippen molar-refractivity contribution in [3.8, 4) is 27.5 Å². The molecule has 0 spiro atoms. The van der Waals surface area contributed by atoms with Crippen LogP contribution in [0.2, 0.25) is 0 Å². The summed E-state index contributed by atoms with van der Waals surface area (Å²) in [6.45, 7) is 0. The van der Waals surface area contributed by atoms with Crippen molar-refractivity contribution < 1.29 is 0 Å². The summed E-state index contributed by atoms with van der Waals surface area (Å²) >= 11 is 1.39. The Hall–Kier alpha value is -3.25. The van der Waals surface area contributed by atoms with Crippen LogP contribution >= 0.6 is 11.3 Å². The third-order valence-corrected chi connectivity index (χ3v) is 5.00. The first-order valence-electron chi connectivity index (χ1n) is 8.04. The van der Waals surface area contributed by atoms with Crippen LogP contribution in [0.25, 0.3) is 27.5 Å². The summed E-state index contributed by atoms with van der Waals surface area (Å²) in [7, 11) is 1.49. The molecule has 128 valence electrons. The maximum absolute atomic E-state index is 12.6. The molecule has 0 radical (unpaired) electrons. The molecule has 5 nitrogen and oxygen atoms in total. The molecule has 0 saturated carbocycles. The van der Waals surface area contributed by atoms with E-state index >= 15 is 0 Å². The van der Waals surface area contributed by atoms with Gasteiger partial charge in [0, 0.05) is 24.2 Å². The Morgan fingerprint density at radius 1 is 0.923 bits per heavy atom. The molecule has 0 aliphatic rings. The molecule has 0 aliphatic heterocycles. The second kappa shape index (κ2) is 6.57. The fourth-order valence-electron chi connectivity index (χ4n) is 2.73. The van der Waals surface area contributed by atoms with Gasteiger partial charge < -0.3 is 0 Å². The van der Waals surface area contributed by atoms with Gasteiger partial charge in [0.2, 0.25) is 0 Å². The van der Waals surface area contributed by atoms with E-state index < -0.39 is 0 Å². The summed E-state index contributed by atoms with van der Waals surface area (Å²) in [5.41, 5.74) is 2.17. The van der Waals surface area contributed by atoms with E-state index in [0.717, 1.165) is 15.8 Å². The highest BCUT2D eigenvalue weighted by Crippen LogP contribution is 2.27. The normalized spacial score (nSPS) is 10.8. The van der Waals surface area contributed by atoms with E-state index in [-0.39, 0.29) is 11.2 Å². The fourth-order valence-corrected chi connectivity index (χ4v) is 3.56. The fraction of sp³-hybridized carbons (Fsp3) is 0.0500. The van der Waals surface area contributed by atoms with Gasteiger partial charge in [0.1, 0.15) is 5.01 Å². The van der Waals surface area contributed by atoms with Crippen molar-refractivity contribution in [2.45, 2.75) is 0 Å². The van der Waals surface area contributed by atoms with Gasteiger partial charge >= 0.3 is 5.69 Å². The highest BCUT2D eigenvalue weighted by Gasteiger charge is 2.15. The standard InChI is InChI=1S/C20H15N3O2S/c1-22-19(24)16(12-23(20(22)25)15-10-6-3-7-11-15)18-21-17(13-26-18)14-8-4-2-5-9-14/h2-13H,1H3. The lowest BCUT2D eigenvalue weighted by atomic mass is 10.2. The minimum atomic E-state index is -0.384. The minimum Gasteiger partial charge on any atom is -0.268 e. The Labute approximate surface area is 153 Å². The molecule has 0 unspecified atom stereocenters. The summed E-state index contributed by atoms with van der Waals surface area (Å²) in [4.78, 5) is 29.8. The van der Waals surface area contributed by atoms with Gasteiger partial charge in [0.25, 0.3) is 5.56 Å². The van der Waals surface area contributed by atoms with E-state index in [2.05, 4.69) is 4.98 Å². The first-order valence-corrected chi connectivity index (χ1v) is 8.92. The van der Waals surface area contributed by atoms with Crippen molar-refractivity contribution in [3.05, 3.63) is 93.1 Å². The van der Waals surface area contributed by atoms with Gasteiger partial charge in [-0.2, -0.15) is 0 Å². The zero-order chi connectivity index (χ0) is 18.1. The minimum absolute atomic E-state index is 0.351. The molecule has 0 amide bonds. The maximum Gasteiger partial charge on any atom is 0.335 e. The van der Waals surface area contributed by atoms with E-state index in [4.69, 9.17) is 0 Å². The monoisotopic (exact) mass is 361 g/mol. The summed E-state index contributed by atoms with van der Waals surface area (Å²) in [6, 6.07) is 19.0. The lowest BCUT2D eigenvalue weighted by Crippen LogP contribution is -2.37. The van der Waals surface area contributed by atoms with Gasteiger partial charge in [-0.1, -0.05) is 48.5 Å². The van der Waals surface area contributed by atoms with E-state index in [9.17, 15) is 9.59 Å². The van der Waals surface area contributed by atoms with Gasteiger partial charge in [-0.25, -0.2) is 9.78 Å². The van der Waals surface area contributed by atoms with Crippen LogP contribution in [0, 0.1) is 0 Å². The second-order valence-electron chi connectivity index (χ2n) is 5.80. The molecule has 2 aromatic heterocycles. The van der Waals surface area contributed by atoms with Crippen LogP contribution in [0.3, 0.4) is 0 Å². The van der Waals surface area contributed by atoms with E-state index in [1.165, 1.54) is 23.0 Å². The largest absolute Gasteiger partial charge is 0.335 e. The number of rotatable bonds is 3. The molecule has 0 atom stereocenters. The smallest absolute Gasteiger partial charge is 0.268 e. The van der Waals surface area contributed by atoms with Gasteiger partial charge in [0.15, 0.2) is 0 Å². The molecule has 0 aliphatic carbocycles. The average Bonchev–Trinajstić information content (AvgIpc) is 3.18. The third kappa shape index (κ3) is 2.80. The molecule has 4 aromatic rings. The van der Waals surface area contributed by atoms with Crippen molar-refractivity contribution in [1.82, 2.24) is 14.1 Å². The average molecular weight is 361 g/mol. The Kier molecular flexibility index (Phi) is 4.10. The van der Waals surface area contributed by atoms with Gasteiger partial charge in [-0.15, -0.1) is 11.3 Å². The number of aromatic nitrogens is 3. The molecular formula is C20H15N3O2S. The van der Waals surface area contributed by atoms with Crippen LogP contribution in [0.5, 0.6) is 0 Å². The van der Waals surface area contributed by atoms with Crippen LogP contribution in [-0.2, 0) is 7.05 Å². The quantitative estimate of drug-likeness (QED) is 0.562. The Morgan fingerprint density at radius 2 is 1.58 bits per heavy atom. The van der Waals surface area contributed by atoms with Crippen LogP contribution < -0.4 is 11.2 Å². The number of para-hydroxylation sites is 1. The molecule has 0 fully saturated rings. The summed E-state index contributed by atoms with van der Waals surface area (Å²) in [6.07, 6.45) is 1.58. The topological polar surface area (TPSA) is 56.9 Å². The zero-order valence-corrected chi connectivity index (χ0v) is 14.8. The SMILES string of the molecule is Cn1c(=O)c(-c2nc(-c3ccccc3)cs2)cn(-c2ccccc2)c1=O. The number of hydrogen-bond donors (Lipinski definition) is 0. The molecule has 0 bridgehead atoms. The van der Waals surface area contributed by atoms with Gasteiger partial charge in [-0.05, 0) is 12.1 Å². The van der Waals surface area contributed by atoms with E-state index in [1.807, 2.05) is 66.0 Å².